The molecular weight excluding hydrogens is 392 g/mol. The van der Waals surface area contributed by atoms with Crippen molar-refractivity contribution in [2.45, 2.75) is 36.8 Å². The number of aryl methyl sites for hydroxylation is 1. The van der Waals surface area contributed by atoms with Crippen LogP contribution in [-0.2, 0) is 23.9 Å². The van der Waals surface area contributed by atoms with Crippen LogP contribution in [-0.4, -0.2) is 17.9 Å². The van der Waals surface area contributed by atoms with Gasteiger partial charge in [-0.1, -0.05) is 48.5 Å². The number of guanidine groups is 1. The third-order valence-electron chi connectivity index (χ3n) is 8.75. The maximum Gasteiger partial charge on any atom is 0.192 e. The minimum atomic E-state index is -0.326. The SMILES string of the molecule is CN1C(N)=NC23c4cc(-c5cccc(C#N)c5)ccc4CC24CCCc2ccccc2C143. The second-order valence-electron chi connectivity index (χ2n) is 9.78. The van der Waals surface area contributed by atoms with Crippen molar-refractivity contribution in [3.8, 4) is 17.2 Å². The molecule has 4 nitrogen and oxygen atoms in total. The molecule has 0 saturated heterocycles. The Morgan fingerprint density at radius 1 is 0.969 bits per heavy atom. The van der Waals surface area contributed by atoms with E-state index in [1.165, 1.54) is 28.7 Å². The molecule has 4 heteroatoms. The van der Waals surface area contributed by atoms with Crippen molar-refractivity contribution in [1.29, 1.82) is 5.26 Å². The minimum absolute atomic E-state index is 0.0552. The Morgan fingerprint density at radius 2 is 1.81 bits per heavy atom. The van der Waals surface area contributed by atoms with Crippen molar-refractivity contribution in [3.05, 3.63) is 94.5 Å². The van der Waals surface area contributed by atoms with Gasteiger partial charge in [0.05, 0.1) is 11.6 Å². The van der Waals surface area contributed by atoms with Crippen molar-refractivity contribution < 1.29 is 0 Å². The lowest BCUT2D eigenvalue weighted by atomic mass is 9.83. The van der Waals surface area contributed by atoms with Gasteiger partial charge in [0.15, 0.2) is 5.96 Å². The molecular formula is C28H24N4. The second kappa shape index (κ2) is 5.61. The van der Waals surface area contributed by atoms with Crippen LogP contribution in [0.1, 0.15) is 40.7 Å². The molecule has 3 aliphatic carbocycles. The third-order valence-corrected chi connectivity index (χ3v) is 8.75. The summed E-state index contributed by atoms with van der Waals surface area (Å²) in [6, 6.07) is 25.9. The van der Waals surface area contributed by atoms with E-state index in [4.69, 9.17) is 10.7 Å². The molecule has 1 saturated carbocycles. The largest absolute Gasteiger partial charge is 0.370 e. The van der Waals surface area contributed by atoms with Crippen LogP contribution in [0.4, 0.5) is 0 Å². The maximum atomic E-state index is 9.36. The molecule has 3 atom stereocenters. The highest BCUT2D eigenvalue weighted by Gasteiger charge is 2.94. The van der Waals surface area contributed by atoms with E-state index in [1.807, 2.05) is 18.2 Å². The number of benzene rings is 3. The molecule has 3 spiro atoms. The zero-order valence-electron chi connectivity index (χ0n) is 18.1. The van der Waals surface area contributed by atoms with E-state index >= 15 is 0 Å². The molecule has 1 fully saturated rings. The van der Waals surface area contributed by atoms with Gasteiger partial charge in [0, 0.05) is 12.5 Å². The third kappa shape index (κ3) is 1.69. The van der Waals surface area contributed by atoms with Gasteiger partial charge in [-0.25, -0.2) is 4.99 Å². The van der Waals surface area contributed by atoms with Crippen LogP contribution in [0.25, 0.3) is 11.1 Å². The zero-order chi connectivity index (χ0) is 21.7. The van der Waals surface area contributed by atoms with E-state index in [-0.39, 0.29) is 16.5 Å². The summed E-state index contributed by atoms with van der Waals surface area (Å²) >= 11 is 0. The molecule has 3 unspecified atom stereocenters. The highest BCUT2D eigenvalue weighted by Crippen LogP contribution is 2.88. The summed E-state index contributed by atoms with van der Waals surface area (Å²) < 4.78 is 0. The maximum absolute atomic E-state index is 9.36. The summed E-state index contributed by atoms with van der Waals surface area (Å²) in [7, 11) is 2.13. The monoisotopic (exact) mass is 416 g/mol. The van der Waals surface area contributed by atoms with Gasteiger partial charge in [-0.05, 0) is 77.3 Å². The van der Waals surface area contributed by atoms with E-state index in [2.05, 4.69) is 66.5 Å². The minimum Gasteiger partial charge on any atom is -0.370 e. The van der Waals surface area contributed by atoms with Crippen LogP contribution in [0.15, 0.2) is 71.7 Å². The Morgan fingerprint density at radius 3 is 2.69 bits per heavy atom. The van der Waals surface area contributed by atoms with Crippen LogP contribution in [0.2, 0.25) is 0 Å². The number of rotatable bonds is 1. The van der Waals surface area contributed by atoms with E-state index < -0.39 is 0 Å². The molecule has 156 valence electrons. The molecule has 0 bridgehead atoms. The van der Waals surface area contributed by atoms with Crippen molar-refractivity contribution in [3.63, 3.8) is 0 Å². The van der Waals surface area contributed by atoms with Crippen LogP contribution in [0, 0.1) is 16.7 Å². The zero-order valence-corrected chi connectivity index (χ0v) is 18.1. The Hall–Kier alpha value is -3.58. The van der Waals surface area contributed by atoms with E-state index in [9.17, 15) is 5.26 Å². The van der Waals surface area contributed by atoms with Crippen molar-refractivity contribution in [2.75, 3.05) is 7.05 Å². The van der Waals surface area contributed by atoms with Crippen LogP contribution in [0.3, 0.4) is 0 Å². The smallest absolute Gasteiger partial charge is 0.192 e. The lowest BCUT2D eigenvalue weighted by molar-refractivity contribution is 0.247. The molecule has 7 rings (SSSR count). The number of hydrogen-bond donors (Lipinski definition) is 1. The summed E-state index contributed by atoms with van der Waals surface area (Å²) in [4.78, 5) is 7.56. The fourth-order valence-electron chi connectivity index (χ4n) is 7.69. The number of fused-ring (bicyclic) bond motifs is 2. The quantitative estimate of drug-likeness (QED) is 0.637. The van der Waals surface area contributed by atoms with Crippen molar-refractivity contribution in [2.24, 2.45) is 16.1 Å². The molecule has 0 radical (unpaired) electrons. The summed E-state index contributed by atoms with van der Waals surface area (Å²) in [6.07, 6.45) is 4.48. The number of likely N-dealkylation sites (N-methyl/N-ethyl adjacent to an activating group) is 1. The Labute approximate surface area is 188 Å². The normalized spacial score (nSPS) is 30.8. The first-order valence-electron chi connectivity index (χ1n) is 11.4. The van der Waals surface area contributed by atoms with Gasteiger partial charge in [0.25, 0.3) is 0 Å². The van der Waals surface area contributed by atoms with Crippen LogP contribution >= 0.6 is 0 Å². The van der Waals surface area contributed by atoms with Crippen LogP contribution in [0.5, 0.6) is 0 Å². The first kappa shape index (κ1) is 18.0. The number of nitrogens with two attached hydrogens (primary N) is 1. The van der Waals surface area contributed by atoms with Crippen molar-refractivity contribution >= 4 is 5.96 Å². The lowest BCUT2D eigenvalue weighted by Gasteiger charge is -2.34. The highest BCUT2D eigenvalue weighted by atomic mass is 15.5. The van der Waals surface area contributed by atoms with E-state index in [1.54, 1.807) is 0 Å². The predicted molar refractivity (Wildman–Crippen MR) is 125 cm³/mol. The highest BCUT2D eigenvalue weighted by molar-refractivity contribution is 5.89. The first-order chi connectivity index (χ1) is 15.6. The predicted octanol–water partition coefficient (Wildman–Crippen LogP) is 4.47. The standard InChI is InChI=1S/C28H24N4/c1-32-25(30)31-27-24-15-21(20-8-4-6-18(14-20)17-29)11-12-22(24)16-26(27)13-5-9-19-7-2-3-10-23(19)28(26,27)32/h2-4,6-8,10-12,14-15H,5,9,13,16H2,1H3,(H2,30,31). The molecule has 3 aromatic rings. The number of nitrogens with zero attached hydrogens (tertiary/aromatic N) is 3. The van der Waals surface area contributed by atoms with Gasteiger partial charge < -0.3 is 10.6 Å². The van der Waals surface area contributed by atoms with Gasteiger partial charge >= 0.3 is 0 Å². The Kier molecular flexibility index (Phi) is 3.16. The number of nitriles is 1. The lowest BCUT2D eigenvalue weighted by Crippen LogP contribution is -2.44. The van der Waals surface area contributed by atoms with Crippen molar-refractivity contribution in [1.82, 2.24) is 4.90 Å². The summed E-state index contributed by atoms with van der Waals surface area (Å²) in [5.41, 5.74) is 14.5. The molecule has 32 heavy (non-hydrogen) atoms. The van der Waals surface area contributed by atoms with Crippen LogP contribution < -0.4 is 5.73 Å². The molecule has 3 aromatic carbocycles. The van der Waals surface area contributed by atoms with Gasteiger partial charge in [-0.2, -0.15) is 5.26 Å². The molecule has 1 heterocycles. The number of hydrogen-bond acceptors (Lipinski definition) is 4. The second-order valence-corrected chi connectivity index (χ2v) is 9.78. The molecule has 2 N–H and O–H groups in total. The average Bonchev–Trinajstić information content (AvgIpc) is 3.11. The molecule has 0 amide bonds. The van der Waals surface area contributed by atoms with E-state index in [0.29, 0.717) is 11.5 Å². The summed E-state index contributed by atoms with van der Waals surface area (Å²) in [6.45, 7) is 0. The summed E-state index contributed by atoms with van der Waals surface area (Å²) in [5.74, 6) is 0.641. The van der Waals surface area contributed by atoms with Gasteiger partial charge in [0.2, 0.25) is 0 Å². The Bertz CT molecular complexity index is 1400. The topological polar surface area (TPSA) is 65.4 Å². The Balaban J connectivity index is 1.49. The average molecular weight is 417 g/mol. The van der Waals surface area contributed by atoms with Gasteiger partial charge in [0.1, 0.15) is 11.1 Å². The fraction of sp³-hybridized carbons (Fsp3) is 0.286. The van der Waals surface area contributed by atoms with Gasteiger partial charge in [-0.3, -0.25) is 0 Å². The first-order valence-corrected chi connectivity index (χ1v) is 11.4. The molecule has 0 aromatic heterocycles. The summed E-state index contributed by atoms with van der Waals surface area (Å²) in [5, 5.41) is 9.36. The van der Waals surface area contributed by atoms with E-state index in [0.717, 1.165) is 30.4 Å². The fourth-order valence-corrected chi connectivity index (χ4v) is 7.69. The van der Waals surface area contributed by atoms with Gasteiger partial charge in [-0.15, -0.1) is 0 Å². The molecule has 1 aliphatic heterocycles. The number of aliphatic imine (C=N–C) groups is 1. The molecule has 4 aliphatic rings.